The predicted octanol–water partition coefficient (Wildman–Crippen LogP) is 0.846. The molecule has 1 aromatic rings. The molecule has 0 N–H and O–H groups in total. The first-order valence-corrected chi connectivity index (χ1v) is 4.00. The summed E-state index contributed by atoms with van der Waals surface area (Å²) in [7, 11) is 1.69. The number of hydrogen-bond donors (Lipinski definition) is 0. The Labute approximate surface area is 76.3 Å². The monoisotopic (exact) mass is 178 g/mol. The maximum absolute atomic E-state index is 10.5. The van der Waals surface area contributed by atoms with Gasteiger partial charge in [0, 0.05) is 7.05 Å². The summed E-state index contributed by atoms with van der Waals surface area (Å²) in [6.45, 7) is 0.397. The number of rotatable bonds is 2. The van der Waals surface area contributed by atoms with Crippen molar-refractivity contribution < 1.29 is 9.53 Å². The van der Waals surface area contributed by atoms with E-state index in [1.165, 1.54) is 5.01 Å². The first-order valence-electron chi connectivity index (χ1n) is 4.00. The van der Waals surface area contributed by atoms with Crippen molar-refractivity contribution in [1.82, 2.24) is 5.01 Å². The number of carbonyl (C=O) groups excluding carboxylic acids is 1. The molecule has 1 heterocycles. The summed E-state index contributed by atoms with van der Waals surface area (Å²) < 4.78 is 5.36. The molecule has 0 aliphatic carbocycles. The molecule has 1 aliphatic heterocycles. The fraction of sp³-hybridized carbons (Fsp3) is 0.222. The largest absolute Gasteiger partial charge is 0.469 e. The number of ether oxygens (including phenoxy) is 1. The number of carbonyl (C=O) groups is 1. The van der Waals surface area contributed by atoms with Crippen molar-refractivity contribution >= 4 is 12.1 Å². The first kappa shape index (κ1) is 7.91. The zero-order valence-corrected chi connectivity index (χ0v) is 7.30. The molecular weight excluding hydrogens is 168 g/mol. The van der Waals surface area contributed by atoms with Crippen molar-refractivity contribution in [1.29, 1.82) is 0 Å². The summed E-state index contributed by atoms with van der Waals surface area (Å²) in [5, 5.41) is 3.23. The second kappa shape index (κ2) is 2.97. The van der Waals surface area contributed by atoms with Gasteiger partial charge >= 0.3 is 0 Å². The van der Waals surface area contributed by atoms with Gasteiger partial charge in [0.15, 0.2) is 6.73 Å². The van der Waals surface area contributed by atoms with Gasteiger partial charge in [-0.1, -0.05) is 12.1 Å². The van der Waals surface area contributed by atoms with Crippen molar-refractivity contribution in [2.45, 2.75) is 0 Å². The highest BCUT2D eigenvalue weighted by Crippen LogP contribution is 2.33. The third-order valence-electron chi connectivity index (χ3n) is 2.02. The van der Waals surface area contributed by atoms with Crippen LogP contribution in [0.2, 0.25) is 0 Å². The number of amides is 1. The molecule has 1 aromatic carbocycles. The molecule has 0 radical (unpaired) electrons. The predicted molar refractivity (Wildman–Crippen MR) is 48.2 cm³/mol. The van der Waals surface area contributed by atoms with Crippen LogP contribution in [-0.2, 0) is 4.79 Å². The minimum atomic E-state index is 0.397. The fourth-order valence-corrected chi connectivity index (χ4v) is 1.31. The molecule has 0 atom stereocenters. The van der Waals surface area contributed by atoms with Crippen LogP contribution in [0.3, 0.4) is 0 Å². The van der Waals surface area contributed by atoms with Crippen molar-refractivity contribution in [2.75, 3.05) is 18.8 Å². The summed E-state index contributed by atoms with van der Waals surface area (Å²) in [6.07, 6.45) is 0.755. The van der Waals surface area contributed by atoms with Crippen molar-refractivity contribution in [3.63, 3.8) is 0 Å². The second-order valence-electron chi connectivity index (χ2n) is 2.82. The van der Waals surface area contributed by atoms with Gasteiger partial charge in [0.25, 0.3) is 0 Å². The highest BCUT2D eigenvalue weighted by atomic mass is 16.5. The van der Waals surface area contributed by atoms with Gasteiger partial charge in [-0.2, -0.15) is 0 Å². The van der Waals surface area contributed by atoms with Crippen molar-refractivity contribution in [2.24, 2.45) is 0 Å². The normalized spacial score (nSPS) is 13.5. The van der Waals surface area contributed by atoms with E-state index in [4.69, 9.17) is 4.74 Å². The molecule has 13 heavy (non-hydrogen) atoms. The molecule has 0 fully saturated rings. The number of hydrogen-bond acceptors (Lipinski definition) is 3. The maximum Gasteiger partial charge on any atom is 0.228 e. The van der Waals surface area contributed by atoms with Crippen LogP contribution in [0.25, 0.3) is 0 Å². The molecule has 4 heteroatoms. The van der Waals surface area contributed by atoms with Crippen LogP contribution in [0.15, 0.2) is 24.3 Å². The zero-order valence-electron chi connectivity index (χ0n) is 7.30. The lowest BCUT2D eigenvalue weighted by atomic mass is 10.3. The lowest BCUT2D eigenvalue weighted by Gasteiger charge is -2.23. The summed E-state index contributed by atoms with van der Waals surface area (Å²) in [4.78, 5) is 10.5. The summed E-state index contributed by atoms with van der Waals surface area (Å²) >= 11 is 0. The molecule has 68 valence electrons. The standard InChI is InChI=1S/C9H10N2O2/c1-10(6-12)11-7-13-9-5-3-2-4-8(9)11/h2-6H,7H2,1H3. The molecular formula is C9H10N2O2. The van der Waals surface area contributed by atoms with Gasteiger partial charge in [0.05, 0.1) is 0 Å². The van der Waals surface area contributed by atoms with E-state index < -0.39 is 0 Å². The Bertz CT molecular complexity index is 327. The number of para-hydroxylation sites is 2. The Morgan fingerprint density at radius 3 is 3.08 bits per heavy atom. The summed E-state index contributed by atoms with van der Waals surface area (Å²) in [5.74, 6) is 0.816. The lowest BCUT2D eigenvalue weighted by molar-refractivity contribution is -0.117. The van der Waals surface area contributed by atoms with E-state index in [2.05, 4.69) is 0 Å². The van der Waals surface area contributed by atoms with E-state index in [0.29, 0.717) is 6.73 Å². The smallest absolute Gasteiger partial charge is 0.228 e. The SMILES string of the molecule is CN(C=O)N1COc2ccccc21. The molecule has 0 bridgehead atoms. The van der Waals surface area contributed by atoms with Gasteiger partial charge in [-0.15, -0.1) is 0 Å². The summed E-state index contributed by atoms with van der Waals surface area (Å²) in [6, 6.07) is 7.62. The van der Waals surface area contributed by atoms with Crippen LogP contribution in [0.1, 0.15) is 0 Å². The van der Waals surface area contributed by atoms with Crippen molar-refractivity contribution in [3.05, 3.63) is 24.3 Å². The quantitative estimate of drug-likeness (QED) is 0.629. The molecule has 2 rings (SSSR count). The number of nitrogens with zero attached hydrogens (tertiary/aromatic N) is 2. The number of anilines is 1. The molecule has 0 unspecified atom stereocenters. The van der Waals surface area contributed by atoms with Gasteiger partial charge in [-0.25, -0.2) is 5.01 Å². The maximum atomic E-state index is 10.5. The average molecular weight is 178 g/mol. The third-order valence-corrected chi connectivity index (χ3v) is 2.02. The van der Waals surface area contributed by atoms with E-state index in [1.807, 2.05) is 24.3 Å². The minimum Gasteiger partial charge on any atom is -0.469 e. The molecule has 0 saturated carbocycles. The topological polar surface area (TPSA) is 32.8 Å². The van der Waals surface area contributed by atoms with Crippen LogP contribution in [0.4, 0.5) is 5.69 Å². The number of fused-ring (bicyclic) bond motifs is 1. The van der Waals surface area contributed by atoms with Gasteiger partial charge in [0.1, 0.15) is 11.4 Å². The Balaban J connectivity index is 2.33. The van der Waals surface area contributed by atoms with Crippen LogP contribution in [-0.4, -0.2) is 25.2 Å². The van der Waals surface area contributed by atoms with E-state index in [0.717, 1.165) is 17.8 Å². The highest BCUT2D eigenvalue weighted by Gasteiger charge is 2.22. The van der Waals surface area contributed by atoms with Gasteiger partial charge < -0.3 is 4.74 Å². The van der Waals surface area contributed by atoms with E-state index in [-0.39, 0.29) is 0 Å². The second-order valence-corrected chi connectivity index (χ2v) is 2.82. The Morgan fingerprint density at radius 1 is 1.54 bits per heavy atom. The summed E-state index contributed by atoms with van der Waals surface area (Å²) in [5.41, 5.74) is 0.928. The highest BCUT2D eigenvalue weighted by molar-refractivity contribution is 5.64. The Kier molecular flexibility index (Phi) is 1.81. The molecule has 0 saturated heterocycles. The molecule has 0 aromatic heterocycles. The van der Waals surface area contributed by atoms with Crippen LogP contribution >= 0.6 is 0 Å². The molecule has 1 aliphatic rings. The average Bonchev–Trinajstić information content (AvgIpc) is 2.60. The Morgan fingerprint density at radius 2 is 2.31 bits per heavy atom. The van der Waals surface area contributed by atoms with E-state index in [1.54, 1.807) is 12.1 Å². The Hall–Kier alpha value is -1.71. The number of hydrazine groups is 1. The fourth-order valence-electron chi connectivity index (χ4n) is 1.31. The molecule has 0 spiro atoms. The zero-order chi connectivity index (χ0) is 9.26. The van der Waals surface area contributed by atoms with Gasteiger partial charge in [-0.3, -0.25) is 9.80 Å². The molecule has 1 amide bonds. The first-order chi connectivity index (χ1) is 6.33. The van der Waals surface area contributed by atoms with Crippen LogP contribution in [0.5, 0.6) is 5.75 Å². The van der Waals surface area contributed by atoms with Crippen molar-refractivity contribution in [3.8, 4) is 5.75 Å². The minimum absolute atomic E-state index is 0.397. The van der Waals surface area contributed by atoms with Crippen LogP contribution < -0.4 is 9.75 Å². The number of benzene rings is 1. The lowest BCUT2D eigenvalue weighted by Crippen LogP contribution is -2.38. The van der Waals surface area contributed by atoms with E-state index >= 15 is 0 Å². The van der Waals surface area contributed by atoms with Gasteiger partial charge in [0.2, 0.25) is 6.41 Å². The molecule has 4 nitrogen and oxygen atoms in total. The van der Waals surface area contributed by atoms with E-state index in [9.17, 15) is 4.79 Å². The van der Waals surface area contributed by atoms with Gasteiger partial charge in [-0.05, 0) is 12.1 Å². The van der Waals surface area contributed by atoms with Crippen LogP contribution in [0, 0.1) is 0 Å². The third kappa shape index (κ3) is 1.20.